The van der Waals surface area contributed by atoms with Crippen LogP contribution in [0, 0.1) is 6.92 Å². The van der Waals surface area contributed by atoms with Crippen LogP contribution in [0.15, 0.2) is 73.1 Å². The Balaban J connectivity index is 1.39. The third-order valence-electron chi connectivity index (χ3n) is 6.59. The number of aliphatic hydroxyl groups is 1. The normalized spacial score (nSPS) is 22.3. The zero-order chi connectivity index (χ0) is 22.2. The number of pyridine rings is 1. The molecule has 1 N–H and O–H groups in total. The molecule has 3 atom stereocenters. The molecule has 0 bridgehead atoms. The summed E-state index contributed by atoms with van der Waals surface area (Å²) in [5.74, 6) is -0.322. The molecule has 2 saturated heterocycles. The van der Waals surface area contributed by atoms with Gasteiger partial charge in [0.1, 0.15) is 6.54 Å². The first-order valence-corrected chi connectivity index (χ1v) is 10.8. The first-order valence-electron chi connectivity index (χ1n) is 10.8. The number of nitrogens with zero attached hydrogens (tertiary/aromatic N) is 3. The van der Waals surface area contributed by atoms with Gasteiger partial charge < -0.3 is 14.9 Å². The molecule has 6 heteroatoms. The number of piperazine rings is 1. The van der Waals surface area contributed by atoms with Gasteiger partial charge in [-0.05, 0) is 35.7 Å². The molecule has 0 saturated carbocycles. The number of hydrogen-bond acceptors (Lipinski definition) is 4. The van der Waals surface area contributed by atoms with E-state index in [2.05, 4.69) is 54.4 Å². The second kappa shape index (κ2) is 8.20. The van der Waals surface area contributed by atoms with E-state index in [4.69, 9.17) is 0 Å². The van der Waals surface area contributed by atoms with Crippen molar-refractivity contribution in [2.75, 3.05) is 19.7 Å². The average Bonchev–Trinajstić information content (AvgIpc) is 2.81. The maximum atomic E-state index is 12.9. The van der Waals surface area contributed by atoms with Crippen molar-refractivity contribution in [2.45, 2.75) is 24.9 Å². The van der Waals surface area contributed by atoms with Gasteiger partial charge in [-0.1, -0.05) is 54.1 Å². The summed E-state index contributed by atoms with van der Waals surface area (Å²) in [7, 11) is 0. The second-order valence-electron chi connectivity index (χ2n) is 8.56. The van der Waals surface area contributed by atoms with Crippen molar-refractivity contribution in [2.24, 2.45) is 0 Å². The summed E-state index contributed by atoms with van der Waals surface area (Å²) in [6.07, 6.45) is 3.14. The van der Waals surface area contributed by atoms with Crippen LogP contribution in [0.25, 0.3) is 11.1 Å². The van der Waals surface area contributed by atoms with Gasteiger partial charge >= 0.3 is 0 Å². The van der Waals surface area contributed by atoms with Crippen LogP contribution in [-0.2, 0) is 4.79 Å². The zero-order valence-electron chi connectivity index (χ0n) is 17.9. The molecule has 6 nitrogen and oxygen atoms in total. The molecule has 3 heterocycles. The van der Waals surface area contributed by atoms with Crippen LogP contribution in [0.2, 0.25) is 0 Å². The lowest BCUT2D eigenvalue weighted by molar-refractivity contribution is -0.159. The lowest BCUT2D eigenvalue weighted by Gasteiger charge is -2.58. The van der Waals surface area contributed by atoms with E-state index in [0.29, 0.717) is 12.1 Å². The number of aromatic nitrogens is 1. The van der Waals surface area contributed by atoms with Crippen molar-refractivity contribution in [1.82, 2.24) is 14.8 Å². The number of aryl methyl sites for hydroxylation is 1. The highest BCUT2D eigenvalue weighted by Crippen LogP contribution is 2.43. The molecule has 2 aliphatic heterocycles. The fraction of sp³-hybridized carbons (Fsp3) is 0.269. The van der Waals surface area contributed by atoms with E-state index in [1.165, 1.54) is 11.8 Å². The fourth-order valence-corrected chi connectivity index (χ4v) is 5.05. The van der Waals surface area contributed by atoms with Crippen molar-refractivity contribution < 1.29 is 14.7 Å². The zero-order valence-corrected chi connectivity index (χ0v) is 17.9. The SMILES string of the molecule is Cc1cccc(-c2ccc([C@@H]3[C@@H](CO)N4C(=O)CN(C(=O)c5cccnc5)C[C@@H]34)cc2)c1. The molecule has 5 rings (SSSR count). The number of carbonyl (C=O) groups excluding carboxylic acids is 2. The largest absolute Gasteiger partial charge is 0.394 e. The minimum absolute atomic E-state index is 0.0139. The summed E-state index contributed by atoms with van der Waals surface area (Å²) >= 11 is 0. The molecule has 0 unspecified atom stereocenters. The second-order valence-corrected chi connectivity index (χ2v) is 8.56. The quantitative estimate of drug-likeness (QED) is 0.695. The molecular formula is C26H25N3O3. The highest BCUT2D eigenvalue weighted by molar-refractivity contribution is 5.97. The van der Waals surface area contributed by atoms with Crippen LogP contribution in [0.4, 0.5) is 0 Å². The molecule has 2 fully saturated rings. The van der Waals surface area contributed by atoms with Crippen molar-refractivity contribution in [1.29, 1.82) is 0 Å². The van der Waals surface area contributed by atoms with E-state index in [9.17, 15) is 14.7 Å². The Morgan fingerprint density at radius 1 is 1.09 bits per heavy atom. The first-order chi connectivity index (χ1) is 15.6. The van der Waals surface area contributed by atoms with Crippen molar-refractivity contribution in [3.05, 3.63) is 89.7 Å². The molecule has 0 spiro atoms. The summed E-state index contributed by atoms with van der Waals surface area (Å²) < 4.78 is 0. The van der Waals surface area contributed by atoms with Gasteiger partial charge in [-0.15, -0.1) is 0 Å². The number of rotatable bonds is 4. The van der Waals surface area contributed by atoms with Crippen LogP contribution in [-0.4, -0.2) is 63.5 Å². The van der Waals surface area contributed by atoms with E-state index in [0.717, 1.165) is 16.7 Å². The predicted octanol–water partition coefficient (Wildman–Crippen LogP) is 2.87. The predicted molar refractivity (Wildman–Crippen MR) is 121 cm³/mol. The highest BCUT2D eigenvalue weighted by atomic mass is 16.3. The lowest BCUT2D eigenvalue weighted by atomic mass is 9.73. The van der Waals surface area contributed by atoms with Crippen LogP contribution < -0.4 is 0 Å². The number of amides is 2. The smallest absolute Gasteiger partial charge is 0.255 e. The Morgan fingerprint density at radius 2 is 1.91 bits per heavy atom. The van der Waals surface area contributed by atoms with Gasteiger partial charge in [0.2, 0.25) is 5.91 Å². The number of aliphatic hydroxyl groups excluding tert-OH is 1. The number of hydrogen-bond donors (Lipinski definition) is 1. The van der Waals surface area contributed by atoms with Crippen LogP contribution >= 0.6 is 0 Å². The summed E-state index contributed by atoms with van der Waals surface area (Å²) in [6, 6.07) is 19.7. The fourth-order valence-electron chi connectivity index (χ4n) is 5.05. The average molecular weight is 428 g/mol. The minimum atomic E-state index is -0.257. The van der Waals surface area contributed by atoms with Gasteiger partial charge in [0.15, 0.2) is 0 Å². The molecule has 2 aliphatic rings. The van der Waals surface area contributed by atoms with Crippen LogP contribution in [0.1, 0.15) is 27.4 Å². The molecular weight excluding hydrogens is 402 g/mol. The van der Waals surface area contributed by atoms with Gasteiger partial charge in [-0.25, -0.2) is 0 Å². The van der Waals surface area contributed by atoms with E-state index in [1.807, 2.05) is 6.07 Å². The number of benzene rings is 2. The third kappa shape index (κ3) is 3.46. The van der Waals surface area contributed by atoms with Gasteiger partial charge in [0.25, 0.3) is 5.91 Å². The standard InChI is InChI=1S/C26H25N3O3/c1-17-4-2-5-20(12-17)18-7-9-19(10-8-18)25-22-14-28(15-24(31)29(22)23(25)16-30)26(32)21-6-3-11-27-13-21/h2-13,22-23,25,30H,14-16H2,1H3/t22-,23+,25-/m0/s1. The van der Waals surface area contributed by atoms with Gasteiger partial charge in [0.05, 0.1) is 24.3 Å². The van der Waals surface area contributed by atoms with Crippen molar-refractivity contribution in [3.8, 4) is 11.1 Å². The van der Waals surface area contributed by atoms with Crippen molar-refractivity contribution >= 4 is 11.8 Å². The topological polar surface area (TPSA) is 73.7 Å². The highest BCUT2D eigenvalue weighted by Gasteiger charge is 2.54. The Bertz CT molecular complexity index is 1150. The molecule has 1 aromatic heterocycles. The Kier molecular flexibility index (Phi) is 5.23. The lowest BCUT2D eigenvalue weighted by Crippen LogP contribution is -2.73. The molecule has 0 aliphatic carbocycles. The van der Waals surface area contributed by atoms with Crippen LogP contribution in [0.3, 0.4) is 0 Å². The van der Waals surface area contributed by atoms with E-state index < -0.39 is 0 Å². The molecule has 32 heavy (non-hydrogen) atoms. The molecule has 2 aromatic carbocycles. The van der Waals surface area contributed by atoms with Gasteiger partial charge in [0, 0.05) is 24.9 Å². The summed E-state index contributed by atoms with van der Waals surface area (Å²) in [5, 5.41) is 10.0. The maximum absolute atomic E-state index is 12.9. The van der Waals surface area contributed by atoms with Gasteiger partial charge in [-0.3, -0.25) is 14.6 Å². The number of carbonyl (C=O) groups is 2. The first kappa shape index (κ1) is 20.4. The monoisotopic (exact) mass is 427 g/mol. The third-order valence-corrected chi connectivity index (χ3v) is 6.59. The van der Waals surface area contributed by atoms with E-state index in [1.54, 1.807) is 28.1 Å². The molecule has 3 aromatic rings. The molecule has 2 amide bonds. The minimum Gasteiger partial charge on any atom is -0.394 e. The maximum Gasteiger partial charge on any atom is 0.255 e. The molecule has 0 radical (unpaired) electrons. The van der Waals surface area contributed by atoms with E-state index >= 15 is 0 Å². The Hall–Kier alpha value is -3.51. The summed E-state index contributed by atoms with van der Waals surface area (Å²) in [5.41, 5.74) is 5.05. The van der Waals surface area contributed by atoms with Gasteiger partial charge in [-0.2, -0.15) is 0 Å². The Morgan fingerprint density at radius 3 is 2.59 bits per heavy atom. The molecule has 162 valence electrons. The van der Waals surface area contributed by atoms with Crippen molar-refractivity contribution in [3.63, 3.8) is 0 Å². The summed E-state index contributed by atoms with van der Waals surface area (Å²) in [4.78, 5) is 33.1. The van der Waals surface area contributed by atoms with Crippen LogP contribution in [0.5, 0.6) is 0 Å². The van der Waals surface area contributed by atoms with E-state index in [-0.39, 0.29) is 43.0 Å². The summed E-state index contributed by atoms with van der Waals surface area (Å²) in [6.45, 7) is 2.45. The Labute approximate surface area is 187 Å². The number of fused-ring (bicyclic) bond motifs is 1.